The molecule has 0 radical (unpaired) electrons. The Hall–Kier alpha value is -2.22. The lowest BCUT2D eigenvalue weighted by Gasteiger charge is -2.38. The van der Waals surface area contributed by atoms with E-state index in [0.717, 1.165) is 4.47 Å². The van der Waals surface area contributed by atoms with Gasteiger partial charge in [0.1, 0.15) is 35.5 Å². The minimum absolute atomic E-state index is 0.341. The molecule has 0 amide bonds. The molecule has 33 heavy (non-hydrogen) atoms. The van der Waals surface area contributed by atoms with Gasteiger partial charge < -0.3 is 14.9 Å². The van der Waals surface area contributed by atoms with Gasteiger partial charge in [0, 0.05) is 21.3 Å². The number of aliphatic hydroxyl groups is 2. The second-order valence-electron chi connectivity index (χ2n) is 7.62. The van der Waals surface area contributed by atoms with Crippen molar-refractivity contribution >= 4 is 38.9 Å². The number of thiazole rings is 1. The van der Waals surface area contributed by atoms with E-state index in [1.807, 2.05) is 11.4 Å². The minimum atomic E-state index is -0.994. The number of aliphatic hydroxyl groups excluding tert-OH is 2. The molecule has 1 aliphatic heterocycles. The van der Waals surface area contributed by atoms with Gasteiger partial charge >= 0.3 is 0 Å². The Morgan fingerprint density at radius 1 is 1.33 bits per heavy atom. The van der Waals surface area contributed by atoms with Gasteiger partial charge in [-0.2, -0.15) is 5.10 Å². The van der Waals surface area contributed by atoms with Gasteiger partial charge in [0.25, 0.3) is 0 Å². The van der Waals surface area contributed by atoms with Gasteiger partial charge in [-0.05, 0) is 41.1 Å². The molecule has 3 aromatic heterocycles. The minimum Gasteiger partial charge on any atom is -0.394 e. The van der Waals surface area contributed by atoms with Crippen LogP contribution >= 0.6 is 38.9 Å². The zero-order valence-corrected chi connectivity index (χ0v) is 20.4. The van der Waals surface area contributed by atoms with Crippen molar-refractivity contribution in [3.63, 3.8) is 0 Å². The summed E-state index contributed by atoms with van der Waals surface area (Å²) in [6.07, 6.45) is -0.327. The SMILES string of the molecule is Cc1nc([C@@H]2C[C@H](n3cc(-c4cscn4)nn3)[C@H](O)[C@H](CO)O2)n(-c2cc(Cl)ccc2Br)n1. The quantitative estimate of drug-likeness (QED) is 0.387. The molecule has 0 aliphatic carbocycles. The smallest absolute Gasteiger partial charge is 0.161 e. The van der Waals surface area contributed by atoms with E-state index in [9.17, 15) is 10.2 Å². The lowest BCUT2D eigenvalue weighted by molar-refractivity contribution is -0.161. The molecule has 4 heterocycles. The highest BCUT2D eigenvalue weighted by molar-refractivity contribution is 9.10. The topological polar surface area (TPSA) is 124 Å². The molecule has 1 fully saturated rings. The van der Waals surface area contributed by atoms with Crippen LogP contribution in [0.4, 0.5) is 0 Å². The molecule has 1 aromatic carbocycles. The molecule has 2 N–H and O–H groups in total. The van der Waals surface area contributed by atoms with E-state index in [1.54, 1.807) is 40.1 Å². The zero-order valence-electron chi connectivity index (χ0n) is 17.3. The number of ether oxygens (including phenoxy) is 1. The molecule has 1 saturated heterocycles. The Labute approximate surface area is 206 Å². The average molecular weight is 553 g/mol. The van der Waals surface area contributed by atoms with Crippen LogP contribution in [0.3, 0.4) is 0 Å². The van der Waals surface area contributed by atoms with E-state index in [1.165, 1.54) is 11.3 Å². The number of hydrogen-bond donors (Lipinski definition) is 2. The van der Waals surface area contributed by atoms with Crippen LogP contribution in [0.2, 0.25) is 5.02 Å². The van der Waals surface area contributed by atoms with Gasteiger partial charge in [-0.1, -0.05) is 16.8 Å². The van der Waals surface area contributed by atoms with Crippen molar-refractivity contribution in [1.29, 1.82) is 0 Å². The van der Waals surface area contributed by atoms with E-state index >= 15 is 0 Å². The van der Waals surface area contributed by atoms with E-state index in [2.05, 4.69) is 41.3 Å². The van der Waals surface area contributed by atoms with Crippen LogP contribution in [0.15, 0.2) is 39.8 Å². The molecule has 5 rings (SSSR count). The van der Waals surface area contributed by atoms with Crippen molar-refractivity contribution in [2.24, 2.45) is 0 Å². The molecule has 4 atom stereocenters. The van der Waals surface area contributed by atoms with E-state index < -0.39 is 24.4 Å². The van der Waals surface area contributed by atoms with Crippen LogP contribution in [-0.2, 0) is 4.74 Å². The van der Waals surface area contributed by atoms with Crippen molar-refractivity contribution in [2.45, 2.75) is 37.7 Å². The van der Waals surface area contributed by atoms with Crippen LogP contribution in [0, 0.1) is 6.92 Å². The first kappa shape index (κ1) is 22.6. The Morgan fingerprint density at radius 2 is 2.18 bits per heavy atom. The van der Waals surface area contributed by atoms with Crippen LogP contribution < -0.4 is 0 Å². The highest BCUT2D eigenvalue weighted by Gasteiger charge is 2.41. The predicted molar refractivity (Wildman–Crippen MR) is 124 cm³/mol. The normalized spacial score (nSPS) is 23.2. The highest BCUT2D eigenvalue weighted by atomic mass is 79.9. The molecule has 0 unspecified atom stereocenters. The molecule has 0 spiro atoms. The molecule has 0 saturated carbocycles. The first-order valence-electron chi connectivity index (χ1n) is 10.1. The zero-order chi connectivity index (χ0) is 23.1. The molecular weight excluding hydrogens is 534 g/mol. The van der Waals surface area contributed by atoms with Crippen molar-refractivity contribution < 1.29 is 14.9 Å². The predicted octanol–water partition coefficient (Wildman–Crippen LogP) is 3.13. The summed E-state index contributed by atoms with van der Waals surface area (Å²) in [6, 6.07) is 4.88. The van der Waals surface area contributed by atoms with Crippen LogP contribution in [0.25, 0.3) is 17.1 Å². The number of rotatable bonds is 5. The van der Waals surface area contributed by atoms with Crippen LogP contribution in [0.5, 0.6) is 0 Å². The van der Waals surface area contributed by atoms with Crippen LogP contribution in [0.1, 0.15) is 30.2 Å². The van der Waals surface area contributed by atoms with Gasteiger partial charge in [-0.3, -0.25) is 0 Å². The van der Waals surface area contributed by atoms with E-state index in [-0.39, 0.29) is 6.61 Å². The second kappa shape index (κ2) is 9.20. The van der Waals surface area contributed by atoms with Crippen molar-refractivity contribution in [3.05, 3.63) is 56.4 Å². The average Bonchev–Trinajstić information content (AvgIpc) is 3.56. The third-order valence-corrected chi connectivity index (χ3v) is 6.95. The Kier molecular flexibility index (Phi) is 6.29. The number of nitrogens with zero attached hydrogens (tertiary/aromatic N) is 7. The maximum atomic E-state index is 10.9. The summed E-state index contributed by atoms with van der Waals surface area (Å²) in [6.45, 7) is 1.42. The molecule has 0 bridgehead atoms. The van der Waals surface area contributed by atoms with E-state index in [4.69, 9.17) is 16.3 Å². The van der Waals surface area contributed by atoms with Crippen molar-refractivity contribution in [2.75, 3.05) is 6.61 Å². The van der Waals surface area contributed by atoms with Crippen molar-refractivity contribution in [3.8, 4) is 17.1 Å². The van der Waals surface area contributed by atoms with Gasteiger partial charge in [0.15, 0.2) is 5.82 Å². The molecule has 172 valence electrons. The first-order chi connectivity index (χ1) is 15.9. The van der Waals surface area contributed by atoms with Gasteiger partial charge in [-0.25, -0.2) is 19.3 Å². The van der Waals surface area contributed by atoms with E-state index in [0.29, 0.717) is 40.2 Å². The van der Waals surface area contributed by atoms with Crippen LogP contribution in [-0.4, -0.2) is 63.8 Å². The summed E-state index contributed by atoms with van der Waals surface area (Å²) >= 11 is 11.2. The number of hydrogen-bond acceptors (Lipinski definition) is 9. The van der Waals surface area contributed by atoms with Gasteiger partial charge in [0.05, 0.1) is 30.0 Å². The number of halogens is 2. The number of benzene rings is 1. The first-order valence-corrected chi connectivity index (χ1v) is 12.2. The fraction of sp³-hybridized carbons (Fsp3) is 0.350. The Bertz CT molecular complexity index is 1260. The highest BCUT2D eigenvalue weighted by Crippen LogP contribution is 2.38. The van der Waals surface area contributed by atoms with Gasteiger partial charge in [0.2, 0.25) is 0 Å². The molecular formula is C20H19BrClN7O3S. The summed E-state index contributed by atoms with van der Waals surface area (Å²) in [4.78, 5) is 8.85. The summed E-state index contributed by atoms with van der Waals surface area (Å²) in [5, 5.41) is 36.2. The summed E-state index contributed by atoms with van der Waals surface area (Å²) < 4.78 is 10.1. The molecule has 4 aromatic rings. The molecule has 10 nitrogen and oxygen atoms in total. The summed E-state index contributed by atoms with van der Waals surface area (Å²) in [5.74, 6) is 1.08. The Balaban J connectivity index is 1.52. The lowest BCUT2D eigenvalue weighted by Crippen LogP contribution is -2.45. The Morgan fingerprint density at radius 3 is 2.94 bits per heavy atom. The third kappa shape index (κ3) is 4.34. The largest absolute Gasteiger partial charge is 0.394 e. The fourth-order valence-electron chi connectivity index (χ4n) is 3.90. The standard InChI is InChI=1S/C20H19BrClN7O3S/c1-10-24-20(29(26-10)15-4-11(22)2-3-12(15)21)17-5-16(19(31)18(7-30)32-17)28-6-13(25-27-28)14-8-33-9-23-14/h2-4,6,8-9,16-19,30-31H,5,7H2,1H3/t16-,17-,18-,19-/m0/s1. The monoisotopic (exact) mass is 551 g/mol. The summed E-state index contributed by atoms with van der Waals surface area (Å²) in [7, 11) is 0. The lowest BCUT2D eigenvalue weighted by atomic mass is 9.95. The van der Waals surface area contributed by atoms with Crippen molar-refractivity contribution in [1.82, 2.24) is 34.7 Å². The summed E-state index contributed by atoms with van der Waals surface area (Å²) in [5.41, 5.74) is 3.74. The maximum absolute atomic E-state index is 10.9. The maximum Gasteiger partial charge on any atom is 0.161 e. The number of aryl methyl sites for hydroxylation is 1. The fourth-order valence-corrected chi connectivity index (χ4v) is 5.02. The number of aromatic nitrogens is 7. The molecule has 13 heteroatoms. The second-order valence-corrected chi connectivity index (χ2v) is 9.63. The third-order valence-electron chi connectivity index (χ3n) is 5.46. The molecule has 1 aliphatic rings. The van der Waals surface area contributed by atoms with Gasteiger partial charge in [-0.15, -0.1) is 16.4 Å².